The zero-order valence-electron chi connectivity index (χ0n) is 23.7. The van der Waals surface area contributed by atoms with Gasteiger partial charge in [-0.25, -0.2) is 9.69 Å². The van der Waals surface area contributed by atoms with E-state index in [1.165, 1.54) is 13.5 Å². The van der Waals surface area contributed by atoms with Gasteiger partial charge in [0.2, 0.25) is 11.9 Å². The molecule has 2 unspecified atom stereocenters. The van der Waals surface area contributed by atoms with E-state index in [9.17, 15) is 14.4 Å². The van der Waals surface area contributed by atoms with E-state index in [-0.39, 0.29) is 24.9 Å². The topological polar surface area (TPSA) is 106 Å². The number of aliphatic hydroxyl groups is 1. The van der Waals surface area contributed by atoms with E-state index in [1.54, 1.807) is 6.07 Å². The second-order valence-corrected chi connectivity index (χ2v) is 10.7. The number of amides is 2. The summed E-state index contributed by atoms with van der Waals surface area (Å²) in [5.41, 5.74) is 2.86. The molecular formula is C31H43NO7. The first-order chi connectivity index (χ1) is 18.8. The maximum atomic E-state index is 13.5. The van der Waals surface area contributed by atoms with Crippen LogP contribution in [0, 0.1) is 12.8 Å². The van der Waals surface area contributed by atoms with Crippen molar-refractivity contribution in [3.63, 3.8) is 0 Å². The Labute approximate surface area is 231 Å². The maximum absolute atomic E-state index is 13.5. The average molecular weight is 542 g/mol. The first-order valence-electron chi connectivity index (χ1n) is 14.2. The Morgan fingerprint density at radius 3 is 2.33 bits per heavy atom. The number of unbranched alkanes of at least 4 members (excludes halogenated alkanes) is 7. The molecule has 0 spiro atoms. The molecule has 1 aliphatic rings. The lowest BCUT2D eigenvalue weighted by Gasteiger charge is -2.25. The minimum absolute atomic E-state index is 0.0308. The third-order valence-electron chi connectivity index (χ3n) is 7.30. The molecule has 39 heavy (non-hydrogen) atoms. The third-order valence-corrected chi connectivity index (χ3v) is 7.30. The lowest BCUT2D eigenvalue weighted by Crippen LogP contribution is -2.49. The Kier molecular flexibility index (Phi) is 11.7. The number of ketones is 1. The van der Waals surface area contributed by atoms with E-state index in [2.05, 4.69) is 0 Å². The van der Waals surface area contributed by atoms with E-state index in [4.69, 9.17) is 19.0 Å². The van der Waals surface area contributed by atoms with Crippen LogP contribution in [0.15, 0.2) is 34.7 Å². The Morgan fingerprint density at radius 2 is 1.72 bits per heavy atom. The van der Waals surface area contributed by atoms with Crippen LogP contribution in [0.3, 0.4) is 0 Å². The van der Waals surface area contributed by atoms with Crippen molar-refractivity contribution in [2.24, 2.45) is 5.92 Å². The molecule has 3 rings (SSSR count). The minimum atomic E-state index is -1.51. The molecule has 1 fully saturated rings. The number of Topliss-reactive ketones (excluding diaryl/α,β-unsaturated/α-hetero) is 1. The maximum Gasteiger partial charge on any atom is 0.417 e. The van der Waals surface area contributed by atoms with Gasteiger partial charge in [0, 0.05) is 25.7 Å². The van der Waals surface area contributed by atoms with Gasteiger partial charge >= 0.3 is 6.09 Å². The smallest absolute Gasteiger partial charge is 0.417 e. The summed E-state index contributed by atoms with van der Waals surface area (Å²) in [7, 11) is 1.28. The number of carbonyl (C=O) groups is 3. The number of imide groups is 1. The van der Waals surface area contributed by atoms with Crippen LogP contribution in [0.1, 0.15) is 87.1 Å². The lowest BCUT2D eigenvalue weighted by molar-refractivity contribution is -0.137. The van der Waals surface area contributed by atoms with Gasteiger partial charge in [-0.2, -0.15) is 0 Å². The van der Waals surface area contributed by atoms with E-state index in [0.29, 0.717) is 12.2 Å². The lowest BCUT2D eigenvalue weighted by atomic mass is 10.00. The summed E-state index contributed by atoms with van der Waals surface area (Å²) in [6.07, 6.45) is 6.90. The highest BCUT2D eigenvalue weighted by Gasteiger charge is 2.45. The van der Waals surface area contributed by atoms with Gasteiger partial charge in [0.25, 0.3) is 5.91 Å². The van der Waals surface area contributed by atoms with Crippen molar-refractivity contribution in [1.29, 1.82) is 0 Å². The summed E-state index contributed by atoms with van der Waals surface area (Å²) >= 11 is 0. The van der Waals surface area contributed by atoms with Gasteiger partial charge in [-0.15, -0.1) is 0 Å². The summed E-state index contributed by atoms with van der Waals surface area (Å²) in [6, 6.07) is 9.23. The summed E-state index contributed by atoms with van der Waals surface area (Å²) in [6.45, 7) is 6.15. The highest BCUT2D eigenvalue weighted by molar-refractivity contribution is 6.14. The molecule has 0 saturated carbocycles. The van der Waals surface area contributed by atoms with Crippen LogP contribution in [-0.2, 0) is 20.7 Å². The number of cyclic esters (lactones) is 1. The first-order valence-corrected chi connectivity index (χ1v) is 14.2. The number of hydrogen-bond acceptors (Lipinski definition) is 7. The number of carbonyl (C=O) groups excluding carboxylic acids is 3. The molecule has 1 saturated heterocycles. The van der Waals surface area contributed by atoms with Gasteiger partial charge in [0.1, 0.15) is 12.4 Å². The standard InChI is InChI=1S/C31H43NO7/c1-21(2)25-20-38-31(36)32(25)30(35)29(37-4)28(34)27-19-24(23-15-13-14-22(3)18-23)26(39-27)16-11-9-7-5-6-8-10-12-17-33/h13-15,18-19,21,25,29,33H,5-12,16-17,20H2,1-4H3. The third kappa shape index (κ3) is 8.02. The predicted octanol–water partition coefficient (Wildman–Crippen LogP) is 6.11. The van der Waals surface area contributed by atoms with Crippen LogP contribution in [-0.4, -0.2) is 60.3 Å². The Hall–Kier alpha value is -2.97. The van der Waals surface area contributed by atoms with Crippen LogP contribution in [0.2, 0.25) is 0 Å². The quantitative estimate of drug-likeness (QED) is 0.155. The number of methoxy groups -OCH3 is 1. The summed E-state index contributed by atoms with van der Waals surface area (Å²) in [4.78, 5) is 40.1. The molecule has 0 aliphatic carbocycles. The minimum Gasteiger partial charge on any atom is -0.457 e. The SMILES string of the molecule is COC(C(=O)c1cc(-c2cccc(C)c2)c(CCCCCCCCCCO)o1)C(=O)N1C(=O)OCC1C(C)C. The van der Waals surface area contributed by atoms with Crippen molar-refractivity contribution in [2.75, 3.05) is 20.3 Å². The molecule has 1 aromatic carbocycles. The van der Waals surface area contributed by atoms with E-state index < -0.39 is 29.9 Å². The summed E-state index contributed by atoms with van der Waals surface area (Å²) in [5.74, 6) is -0.642. The molecule has 2 heterocycles. The predicted molar refractivity (Wildman–Crippen MR) is 149 cm³/mol. The molecular weight excluding hydrogens is 498 g/mol. The highest BCUT2D eigenvalue weighted by Crippen LogP contribution is 2.31. The van der Waals surface area contributed by atoms with Crippen LogP contribution < -0.4 is 0 Å². The van der Waals surface area contributed by atoms with Gasteiger partial charge in [0.05, 0.1) is 6.04 Å². The van der Waals surface area contributed by atoms with Crippen LogP contribution in [0.25, 0.3) is 11.1 Å². The number of hydrogen-bond donors (Lipinski definition) is 1. The summed E-state index contributed by atoms with van der Waals surface area (Å²) < 4.78 is 16.5. The van der Waals surface area contributed by atoms with Crippen molar-refractivity contribution in [3.8, 4) is 11.1 Å². The fourth-order valence-electron chi connectivity index (χ4n) is 5.01. The molecule has 2 atom stereocenters. The van der Waals surface area contributed by atoms with Gasteiger partial charge in [-0.1, -0.05) is 82.2 Å². The second kappa shape index (κ2) is 15.0. The molecule has 2 amide bonds. The molecule has 8 heteroatoms. The van der Waals surface area contributed by atoms with E-state index in [1.807, 2.05) is 45.0 Å². The van der Waals surface area contributed by atoms with Crippen molar-refractivity contribution in [2.45, 2.75) is 90.7 Å². The summed E-state index contributed by atoms with van der Waals surface area (Å²) in [5, 5.41) is 8.89. The molecule has 1 aromatic heterocycles. The number of nitrogens with zero attached hydrogens (tertiary/aromatic N) is 1. The Morgan fingerprint density at radius 1 is 1.05 bits per heavy atom. The molecule has 1 N–H and O–H groups in total. The highest BCUT2D eigenvalue weighted by atomic mass is 16.6. The number of aryl methyl sites for hydroxylation is 2. The number of ether oxygens (including phenoxy) is 2. The van der Waals surface area contributed by atoms with Crippen molar-refractivity contribution >= 4 is 17.8 Å². The van der Waals surface area contributed by atoms with Crippen LogP contribution >= 0.6 is 0 Å². The van der Waals surface area contributed by atoms with Crippen LogP contribution in [0.4, 0.5) is 4.79 Å². The molecule has 2 aromatic rings. The Bertz CT molecular complexity index is 1110. The fraction of sp³-hybridized carbons (Fsp3) is 0.581. The number of rotatable bonds is 16. The van der Waals surface area contributed by atoms with Gasteiger partial charge in [0.15, 0.2) is 5.76 Å². The number of aliphatic hydroxyl groups excluding tert-OH is 1. The molecule has 214 valence electrons. The molecule has 0 bridgehead atoms. The second-order valence-electron chi connectivity index (χ2n) is 10.7. The zero-order chi connectivity index (χ0) is 28.4. The van der Waals surface area contributed by atoms with Crippen molar-refractivity contribution in [3.05, 3.63) is 47.4 Å². The van der Waals surface area contributed by atoms with E-state index >= 15 is 0 Å². The Balaban J connectivity index is 1.75. The monoisotopic (exact) mass is 541 g/mol. The normalized spacial score (nSPS) is 16.1. The largest absolute Gasteiger partial charge is 0.457 e. The first kappa shape index (κ1) is 30.6. The molecule has 0 radical (unpaired) electrons. The molecule has 8 nitrogen and oxygen atoms in total. The van der Waals surface area contributed by atoms with Gasteiger partial charge in [-0.3, -0.25) is 9.59 Å². The van der Waals surface area contributed by atoms with Crippen molar-refractivity contribution < 1.29 is 33.4 Å². The van der Waals surface area contributed by atoms with Gasteiger partial charge in [-0.05, 0) is 37.3 Å². The number of benzene rings is 1. The van der Waals surface area contributed by atoms with Crippen LogP contribution in [0.5, 0.6) is 0 Å². The number of furan rings is 1. The fourth-order valence-corrected chi connectivity index (χ4v) is 5.01. The average Bonchev–Trinajstić information content (AvgIpc) is 3.52. The molecule has 1 aliphatic heterocycles. The van der Waals surface area contributed by atoms with E-state index in [0.717, 1.165) is 66.5 Å². The zero-order valence-corrected chi connectivity index (χ0v) is 23.7. The van der Waals surface area contributed by atoms with Crippen molar-refractivity contribution in [1.82, 2.24) is 4.90 Å². The van der Waals surface area contributed by atoms with Gasteiger partial charge < -0.3 is 19.0 Å².